The SMILES string of the molecule is CNC(=O)C(C)N(Cc1cccc(C)c1)C(=O)CN(c1ccc(C)cc1)S(=O)(=O)c1ccc(OC)c(Br)c1. The van der Waals surface area contributed by atoms with Gasteiger partial charge in [-0.05, 0) is 72.6 Å². The van der Waals surface area contributed by atoms with Crippen LogP contribution in [-0.4, -0.2) is 51.9 Å². The topological polar surface area (TPSA) is 96.0 Å². The second-order valence-electron chi connectivity index (χ2n) is 8.94. The monoisotopic (exact) mass is 601 g/mol. The van der Waals surface area contributed by atoms with Crippen LogP contribution >= 0.6 is 15.9 Å². The Labute approximate surface area is 232 Å². The quantitative estimate of drug-likeness (QED) is 0.371. The number of aryl methyl sites for hydroxylation is 2. The molecule has 0 bridgehead atoms. The van der Waals surface area contributed by atoms with E-state index in [1.165, 1.54) is 31.2 Å². The average molecular weight is 603 g/mol. The van der Waals surface area contributed by atoms with Gasteiger partial charge in [-0.3, -0.25) is 13.9 Å². The van der Waals surface area contributed by atoms with Gasteiger partial charge in [-0.2, -0.15) is 0 Å². The number of ether oxygens (including phenoxy) is 1. The van der Waals surface area contributed by atoms with Crippen molar-refractivity contribution in [1.29, 1.82) is 0 Å². The van der Waals surface area contributed by atoms with Gasteiger partial charge in [0.1, 0.15) is 18.3 Å². The summed E-state index contributed by atoms with van der Waals surface area (Å²) in [5, 5.41) is 2.58. The number of carbonyl (C=O) groups is 2. The summed E-state index contributed by atoms with van der Waals surface area (Å²) in [6.07, 6.45) is 0. The Balaban J connectivity index is 2.05. The van der Waals surface area contributed by atoms with E-state index in [2.05, 4.69) is 21.2 Å². The molecule has 0 aliphatic carbocycles. The molecule has 1 unspecified atom stereocenters. The minimum atomic E-state index is -4.17. The number of nitrogens with zero attached hydrogens (tertiary/aromatic N) is 2. The zero-order chi connectivity index (χ0) is 28.0. The van der Waals surface area contributed by atoms with Crippen molar-refractivity contribution in [2.24, 2.45) is 0 Å². The molecular formula is C28H32BrN3O5S. The van der Waals surface area contributed by atoms with Crippen LogP contribution in [0.3, 0.4) is 0 Å². The van der Waals surface area contributed by atoms with Crippen molar-refractivity contribution < 1.29 is 22.7 Å². The summed E-state index contributed by atoms with van der Waals surface area (Å²) in [6, 6.07) is 18.1. The molecule has 0 aromatic heterocycles. The number of amides is 2. The summed E-state index contributed by atoms with van der Waals surface area (Å²) in [6.45, 7) is 5.10. The van der Waals surface area contributed by atoms with Gasteiger partial charge in [-0.15, -0.1) is 0 Å². The van der Waals surface area contributed by atoms with Crippen LogP contribution in [0.25, 0.3) is 0 Å². The highest BCUT2D eigenvalue weighted by Crippen LogP contribution is 2.31. The van der Waals surface area contributed by atoms with Gasteiger partial charge in [0.2, 0.25) is 11.8 Å². The van der Waals surface area contributed by atoms with Gasteiger partial charge in [-0.25, -0.2) is 8.42 Å². The molecule has 0 aliphatic rings. The van der Waals surface area contributed by atoms with Gasteiger partial charge in [0, 0.05) is 13.6 Å². The van der Waals surface area contributed by atoms with Crippen LogP contribution in [0.4, 0.5) is 5.69 Å². The Bertz CT molecular complexity index is 1410. The molecule has 0 radical (unpaired) electrons. The number of methoxy groups -OCH3 is 1. The van der Waals surface area contributed by atoms with E-state index < -0.39 is 28.5 Å². The second kappa shape index (κ2) is 12.4. The molecule has 202 valence electrons. The lowest BCUT2D eigenvalue weighted by Crippen LogP contribution is -2.50. The van der Waals surface area contributed by atoms with Crippen molar-refractivity contribution >= 4 is 43.5 Å². The molecule has 3 aromatic carbocycles. The molecule has 1 N–H and O–H groups in total. The van der Waals surface area contributed by atoms with E-state index in [0.29, 0.717) is 15.9 Å². The van der Waals surface area contributed by atoms with Gasteiger partial charge in [0.15, 0.2) is 0 Å². The van der Waals surface area contributed by atoms with Crippen molar-refractivity contribution in [3.8, 4) is 5.75 Å². The summed E-state index contributed by atoms with van der Waals surface area (Å²) in [5.41, 5.74) is 3.12. The molecule has 8 nitrogen and oxygen atoms in total. The van der Waals surface area contributed by atoms with Gasteiger partial charge >= 0.3 is 0 Å². The normalized spacial score (nSPS) is 11.9. The molecule has 0 spiro atoms. The second-order valence-corrected chi connectivity index (χ2v) is 11.7. The van der Waals surface area contributed by atoms with Gasteiger partial charge in [0.05, 0.1) is 22.2 Å². The Hall–Kier alpha value is -3.37. The minimum Gasteiger partial charge on any atom is -0.496 e. The summed E-state index contributed by atoms with van der Waals surface area (Å²) in [7, 11) is -1.19. The van der Waals surface area contributed by atoms with Gasteiger partial charge < -0.3 is 15.0 Å². The number of anilines is 1. The third kappa shape index (κ3) is 6.73. The van der Waals surface area contributed by atoms with E-state index in [-0.39, 0.29) is 17.3 Å². The minimum absolute atomic E-state index is 0.0110. The van der Waals surface area contributed by atoms with Crippen LogP contribution in [0.2, 0.25) is 0 Å². The smallest absolute Gasteiger partial charge is 0.264 e. The molecular weight excluding hydrogens is 570 g/mol. The highest BCUT2D eigenvalue weighted by atomic mass is 79.9. The molecule has 10 heteroatoms. The van der Waals surface area contributed by atoms with Gasteiger partial charge in [0.25, 0.3) is 10.0 Å². The van der Waals surface area contributed by atoms with Gasteiger partial charge in [-0.1, -0.05) is 47.5 Å². The maximum atomic E-state index is 13.9. The number of hydrogen-bond donors (Lipinski definition) is 1. The first kappa shape index (κ1) is 29.2. The molecule has 2 amide bonds. The highest BCUT2D eigenvalue weighted by Gasteiger charge is 2.32. The molecule has 0 aliphatic heterocycles. The number of hydrogen-bond acceptors (Lipinski definition) is 5. The summed E-state index contributed by atoms with van der Waals surface area (Å²) < 4.78 is 34.6. The molecule has 3 aromatic rings. The van der Waals surface area contributed by atoms with Crippen molar-refractivity contribution in [3.05, 3.63) is 87.9 Å². The van der Waals surface area contributed by atoms with Crippen LogP contribution in [-0.2, 0) is 26.2 Å². The highest BCUT2D eigenvalue weighted by molar-refractivity contribution is 9.10. The number of nitrogens with one attached hydrogen (secondary N) is 1. The third-order valence-electron chi connectivity index (χ3n) is 6.16. The van der Waals surface area contributed by atoms with Crippen LogP contribution in [0.15, 0.2) is 76.1 Å². The molecule has 0 saturated heterocycles. The molecule has 0 saturated carbocycles. The average Bonchev–Trinajstić information content (AvgIpc) is 2.89. The largest absolute Gasteiger partial charge is 0.496 e. The zero-order valence-electron chi connectivity index (χ0n) is 22.1. The number of halogens is 1. The maximum absolute atomic E-state index is 13.9. The lowest BCUT2D eigenvalue weighted by molar-refractivity contribution is -0.139. The van der Waals surface area contributed by atoms with Crippen molar-refractivity contribution in [2.75, 3.05) is 25.0 Å². The van der Waals surface area contributed by atoms with E-state index in [1.54, 1.807) is 37.3 Å². The Morgan fingerprint density at radius 3 is 2.26 bits per heavy atom. The van der Waals surface area contributed by atoms with E-state index in [0.717, 1.165) is 21.0 Å². The van der Waals surface area contributed by atoms with E-state index in [4.69, 9.17) is 4.74 Å². The van der Waals surface area contributed by atoms with E-state index >= 15 is 0 Å². The Morgan fingerprint density at radius 2 is 1.68 bits per heavy atom. The zero-order valence-corrected chi connectivity index (χ0v) is 24.5. The first-order valence-corrected chi connectivity index (χ1v) is 14.2. The van der Waals surface area contributed by atoms with E-state index in [1.807, 2.05) is 38.1 Å². The molecule has 1 atom stereocenters. The summed E-state index contributed by atoms with van der Waals surface area (Å²) in [4.78, 5) is 27.8. The standard InChI is InChI=1S/C28H32BrN3O5S/c1-19-9-11-23(12-10-19)32(38(35,36)24-13-14-26(37-5)25(29)16-24)18-27(33)31(21(3)28(34)30-4)17-22-8-6-7-20(2)15-22/h6-16,21H,17-18H2,1-5H3,(H,30,34). The number of sulfonamides is 1. The fourth-order valence-corrected chi connectivity index (χ4v) is 6.11. The molecule has 0 heterocycles. The van der Waals surface area contributed by atoms with Crippen molar-refractivity contribution in [2.45, 2.75) is 38.3 Å². The number of rotatable bonds is 10. The van der Waals surface area contributed by atoms with Crippen LogP contribution in [0.5, 0.6) is 5.75 Å². The summed E-state index contributed by atoms with van der Waals surface area (Å²) in [5.74, 6) is -0.389. The molecule has 38 heavy (non-hydrogen) atoms. The fraction of sp³-hybridized carbons (Fsp3) is 0.286. The van der Waals surface area contributed by atoms with Crippen molar-refractivity contribution in [3.63, 3.8) is 0 Å². The summed E-state index contributed by atoms with van der Waals surface area (Å²) >= 11 is 3.35. The maximum Gasteiger partial charge on any atom is 0.264 e. The van der Waals surface area contributed by atoms with Crippen LogP contribution in [0.1, 0.15) is 23.6 Å². The lowest BCUT2D eigenvalue weighted by atomic mass is 10.1. The lowest BCUT2D eigenvalue weighted by Gasteiger charge is -2.32. The van der Waals surface area contributed by atoms with Crippen LogP contribution in [0, 0.1) is 13.8 Å². The van der Waals surface area contributed by atoms with Crippen molar-refractivity contribution in [1.82, 2.24) is 10.2 Å². The van der Waals surface area contributed by atoms with Crippen LogP contribution < -0.4 is 14.4 Å². The number of carbonyl (C=O) groups excluding carboxylic acids is 2. The third-order valence-corrected chi connectivity index (χ3v) is 8.55. The molecule has 3 rings (SSSR count). The number of likely N-dealkylation sites (N-methyl/N-ethyl adjacent to an activating group) is 1. The fourth-order valence-electron chi connectivity index (χ4n) is 3.97. The Kier molecular flexibility index (Phi) is 9.56. The number of benzene rings is 3. The Morgan fingerprint density at radius 1 is 1.00 bits per heavy atom. The predicted molar refractivity (Wildman–Crippen MR) is 152 cm³/mol. The first-order chi connectivity index (χ1) is 18.0. The van der Waals surface area contributed by atoms with E-state index in [9.17, 15) is 18.0 Å². The molecule has 0 fully saturated rings. The predicted octanol–water partition coefficient (Wildman–Crippen LogP) is 4.43. The first-order valence-electron chi connectivity index (χ1n) is 12.0.